The standard InChI is InChI=1S/C14H11N3O2/c1-17(11-4-2-3-10(7-11)8-15)12-5-6-13(14(18)19)16-9-12/h2-7,9H,1H3,(H,18,19). The number of aromatic carboxylic acids is 1. The molecule has 0 fully saturated rings. The maximum Gasteiger partial charge on any atom is 0.354 e. The number of anilines is 2. The van der Waals surface area contributed by atoms with Gasteiger partial charge < -0.3 is 10.0 Å². The summed E-state index contributed by atoms with van der Waals surface area (Å²) in [5, 5.41) is 17.7. The molecule has 94 valence electrons. The molecule has 1 heterocycles. The summed E-state index contributed by atoms with van der Waals surface area (Å²) in [6.07, 6.45) is 1.49. The fourth-order valence-electron chi connectivity index (χ4n) is 1.64. The minimum Gasteiger partial charge on any atom is -0.477 e. The highest BCUT2D eigenvalue weighted by Crippen LogP contribution is 2.23. The summed E-state index contributed by atoms with van der Waals surface area (Å²) >= 11 is 0. The zero-order valence-corrected chi connectivity index (χ0v) is 10.2. The Morgan fingerprint density at radius 3 is 2.68 bits per heavy atom. The Labute approximate surface area is 110 Å². The molecule has 0 aliphatic heterocycles. The molecule has 0 amide bonds. The molecule has 2 aromatic rings. The molecule has 0 radical (unpaired) electrons. The van der Waals surface area contributed by atoms with E-state index in [-0.39, 0.29) is 5.69 Å². The largest absolute Gasteiger partial charge is 0.477 e. The molecule has 1 aromatic carbocycles. The number of carbonyl (C=O) groups is 1. The van der Waals surface area contributed by atoms with Gasteiger partial charge in [-0.15, -0.1) is 0 Å². The summed E-state index contributed by atoms with van der Waals surface area (Å²) < 4.78 is 0. The van der Waals surface area contributed by atoms with E-state index >= 15 is 0 Å². The molecule has 2 rings (SSSR count). The zero-order chi connectivity index (χ0) is 13.8. The summed E-state index contributed by atoms with van der Waals surface area (Å²) in [7, 11) is 1.83. The summed E-state index contributed by atoms with van der Waals surface area (Å²) in [6, 6.07) is 12.3. The van der Waals surface area contributed by atoms with Gasteiger partial charge in [0.2, 0.25) is 0 Å². The lowest BCUT2D eigenvalue weighted by atomic mass is 10.2. The lowest BCUT2D eigenvalue weighted by Crippen LogP contribution is -2.10. The number of nitriles is 1. The van der Waals surface area contributed by atoms with Crippen molar-refractivity contribution in [2.24, 2.45) is 0 Å². The van der Waals surface area contributed by atoms with Crippen molar-refractivity contribution >= 4 is 17.3 Å². The number of hydrogen-bond acceptors (Lipinski definition) is 4. The van der Waals surface area contributed by atoms with Gasteiger partial charge in [-0.25, -0.2) is 9.78 Å². The highest BCUT2D eigenvalue weighted by atomic mass is 16.4. The van der Waals surface area contributed by atoms with E-state index in [4.69, 9.17) is 10.4 Å². The smallest absolute Gasteiger partial charge is 0.354 e. The van der Waals surface area contributed by atoms with Crippen molar-refractivity contribution in [1.82, 2.24) is 4.98 Å². The second kappa shape index (κ2) is 5.19. The van der Waals surface area contributed by atoms with Gasteiger partial charge in [-0.2, -0.15) is 5.26 Å². The fourth-order valence-corrected chi connectivity index (χ4v) is 1.64. The number of carboxylic acid groups (broad SMARTS) is 1. The minimum absolute atomic E-state index is 0.00271. The van der Waals surface area contributed by atoms with Crippen molar-refractivity contribution in [3.05, 3.63) is 53.9 Å². The number of carboxylic acids is 1. The number of nitrogens with zero attached hydrogens (tertiary/aromatic N) is 3. The first kappa shape index (κ1) is 12.6. The van der Waals surface area contributed by atoms with E-state index in [0.717, 1.165) is 11.4 Å². The van der Waals surface area contributed by atoms with Crippen molar-refractivity contribution in [3.8, 4) is 6.07 Å². The van der Waals surface area contributed by atoms with E-state index in [1.165, 1.54) is 12.3 Å². The predicted molar refractivity (Wildman–Crippen MR) is 70.4 cm³/mol. The van der Waals surface area contributed by atoms with Crippen molar-refractivity contribution in [1.29, 1.82) is 5.26 Å². The van der Waals surface area contributed by atoms with Crippen molar-refractivity contribution < 1.29 is 9.90 Å². The highest BCUT2D eigenvalue weighted by Gasteiger charge is 2.08. The fraction of sp³-hybridized carbons (Fsp3) is 0.0714. The third-order valence-corrected chi connectivity index (χ3v) is 2.72. The van der Waals surface area contributed by atoms with Gasteiger partial charge in [0, 0.05) is 12.7 Å². The normalized spacial score (nSPS) is 9.68. The first-order chi connectivity index (χ1) is 9.11. The van der Waals surface area contributed by atoms with E-state index in [2.05, 4.69) is 11.1 Å². The topological polar surface area (TPSA) is 77.2 Å². The molecule has 5 heteroatoms. The van der Waals surface area contributed by atoms with E-state index in [1.807, 2.05) is 18.0 Å². The van der Waals surface area contributed by atoms with E-state index in [9.17, 15) is 4.79 Å². The Morgan fingerprint density at radius 2 is 2.11 bits per heavy atom. The van der Waals surface area contributed by atoms with Crippen LogP contribution in [-0.2, 0) is 0 Å². The molecule has 0 saturated heterocycles. The Balaban J connectivity index is 2.30. The zero-order valence-electron chi connectivity index (χ0n) is 10.2. The van der Waals surface area contributed by atoms with Crippen LogP contribution in [0.25, 0.3) is 0 Å². The Morgan fingerprint density at radius 1 is 1.32 bits per heavy atom. The average Bonchev–Trinajstić information content (AvgIpc) is 2.46. The van der Waals surface area contributed by atoms with Crippen LogP contribution in [0.15, 0.2) is 42.6 Å². The molecule has 5 nitrogen and oxygen atoms in total. The maximum atomic E-state index is 10.7. The van der Waals surface area contributed by atoms with Crippen LogP contribution in [-0.4, -0.2) is 23.1 Å². The number of hydrogen-bond donors (Lipinski definition) is 1. The van der Waals surface area contributed by atoms with E-state index < -0.39 is 5.97 Å². The van der Waals surface area contributed by atoms with Crippen LogP contribution in [0.3, 0.4) is 0 Å². The lowest BCUT2D eigenvalue weighted by Gasteiger charge is -2.19. The number of aromatic nitrogens is 1. The quantitative estimate of drug-likeness (QED) is 0.908. The number of benzene rings is 1. The van der Waals surface area contributed by atoms with Gasteiger partial charge >= 0.3 is 5.97 Å². The summed E-state index contributed by atoms with van der Waals surface area (Å²) in [5.74, 6) is -1.05. The molecule has 19 heavy (non-hydrogen) atoms. The molecule has 0 unspecified atom stereocenters. The molecule has 1 N–H and O–H groups in total. The van der Waals surface area contributed by atoms with Crippen LogP contribution in [0.5, 0.6) is 0 Å². The second-order valence-corrected chi connectivity index (χ2v) is 3.93. The Bertz CT molecular complexity index is 644. The van der Waals surface area contributed by atoms with Gasteiger partial charge in [0.05, 0.1) is 23.5 Å². The molecule has 0 aliphatic carbocycles. The first-order valence-corrected chi connectivity index (χ1v) is 5.55. The summed E-state index contributed by atoms with van der Waals surface area (Å²) in [6.45, 7) is 0. The van der Waals surface area contributed by atoms with E-state index in [1.54, 1.807) is 24.3 Å². The molecular formula is C14H11N3O2. The Hall–Kier alpha value is -2.87. The van der Waals surface area contributed by atoms with Gasteiger partial charge in [-0.3, -0.25) is 0 Å². The third-order valence-electron chi connectivity index (χ3n) is 2.72. The molecular weight excluding hydrogens is 242 g/mol. The van der Waals surface area contributed by atoms with Gasteiger partial charge in [-0.1, -0.05) is 6.07 Å². The van der Waals surface area contributed by atoms with Crippen LogP contribution in [0.1, 0.15) is 16.1 Å². The van der Waals surface area contributed by atoms with Crippen LogP contribution in [0, 0.1) is 11.3 Å². The van der Waals surface area contributed by atoms with Gasteiger partial charge in [0.1, 0.15) is 5.69 Å². The average molecular weight is 253 g/mol. The minimum atomic E-state index is -1.05. The summed E-state index contributed by atoms with van der Waals surface area (Å²) in [4.78, 5) is 16.4. The lowest BCUT2D eigenvalue weighted by molar-refractivity contribution is 0.0690. The van der Waals surface area contributed by atoms with Crippen LogP contribution >= 0.6 is 0 Å². The number of rotatable bonds is 3. The van der Waals surface area contributed by atoms with Gasteiger partial charge in [-0.05, 0) is 30.3 Å². The predicted octanol–water partition coefficient (Wildman–Crippen LogP) is 2.42. The number of pyridine rings is 1. The van der Waals surface area contributed by atoms with Crippen molar-refractivity contribution in [3.63, 3.8) is 0 Å². The molecule has 0 atom stereocenters. The van der Waals surface area contributed by atoms with Crippen molar-refractivity contribution in [2.75, 3.05) is 11.9 Å². The second-order valence-electron chi connectivity index (χ2n) is 3.93. The first-order valence-electron chi connectivity index (χ1n) is 5.55. The van der Waals surface area contributed by atoms with Crippen LogP contribution in [0.4, 0.5) is 11.4 Å². The molecule has 0 saturated carbocycles. The monoisotopic (exact) mass is 253 g/mol. The van der Waals surface area contributed by atoms with Gasteiger partial charge in [0.25, 0.3) is 0 Å². The Kier molecular flexibility index (Phi) is 3.44. The molecule has 0 aliphatic rings. The third kappa shape index (κ3) is 2.69. The summed E-state index contributed by atoms with van der Waals surface area (Å²) in [5.41, 5.74) is 2.16. The van der Waals surface area contributed by atoms with Crippen molar-refractivity contribution in [2.45, 2.75) is 0 Å². The van der Waals surface area contributed by atoms with E-state index in [0.29, 0.717) is 5.56 Å². The highest BCUT2D eigenvalue weighted by molar-refractivity contribution is 5.85. The van der Waals surface area contributed by atoms with Crippen LogP contribution in [0.2, 0.25) is 0 Å². The molecule has 1 aromatic heterocycles. The van der Waals surface area contributed by atoms with Gasteiger partial charge in [0.15, 0.2) is 0 Å². The van der Waals surface area contributed by atoms with Crippen LogP contribution < -0.4 is 4.90 Å². The SMILES string of the molecule is CN(c1ccc(C(=O)O)nc1)c1cccc(C#N)c1. The maximum absolute atomic E-state index is 10.7. The molecule has 0 spiro atoms. The molecule has 0 bridgehead atoms.